The molecule has 3 rings (SSSR count). The van der Waals surface area contributed by atoms with Gasteiger partial charge < -0.3 is 35.1 Å². The summed E-state index contributed by atoms with van der Waals surface area (Å²) in [6.07, 6.45) is 0.679. The van der Waals surface area contributed by atoms with Crippen LogP contribution in [0.25, 0.3) is 0 Å². The zero-order chi connectivity index (χ0) is 25.4. The van der Waals surface area contributed by atoms with Gasteiger partial charge in [0.05, 0.1) is 12.5 Å². The summed E-state index contributed by atoms with van der Waals surface area (Å²) >= 11 is 0. The van der Waals surface area contributed by atoms with Crippen LogP contribution in [0.2, 0.25) is 0 Å². The Kier molecular flexibility index (Phi) is 11.1. The lowest BCUT2D eigenvalue weighted by Gasteiger charge is -2.37. The van der Waals surface area contributed by atoms with Gasteiger partial charge in [0.15, 0.2) is 0 Å². The number of carbonyl (C=O) groups is 3. The molecule has 11 nitrogen and oxygen atoms in total. The van der Waals surface area contributed by atoms with Crippen molar-refractivity contribution in [1.82, 2.24) is 10.2 Å². The summed E-state index contributed by atoms with van der Waals surface area (Å²) in [5, 5.41) is 10.6. The van der Waals surface area contributed by atoms with Crippen LogP contribution < -0.4 is 16.0 Å². The number of amides is 2. The quantitative estimate of drug-likeness (QED) is 0.213. The van der Waals surface area contributed by atoms with E-state index in [1.807, 2.05) is 29.2 Å². The number of nitrogen functional groups attached to an aromatic ring is 1. The number of hydrogen-bond donors (Lipinski definition) is 3. The molecule has 4 N–H and O–H groups in total. The van der Waals surface area contributed by atoms with Crippen LogP contribution in [0.15, 0.2) is 24.3 Å². The molecule has 1 aromatic rings. The summed E-state index contributed by atoms with van der Waals surface area (Å²) in [6, 6.07) is 7.48. The molecule has 0 bridgehead atoms. The number of nitrogens with zero attached hydrogens (tertiary/aromatic N) is 2. The number of ether oxygens (including phenoxy) is 3. The van der Waals surface area contributed by atoms with Gasteiger partial charge in [-0.2, -0.15) is 0 Å². The van der Waals surface area contributed by atoms with Crippen molar-refractivity contribution in [2.24, 2.45) is 11.7 Å². The average molecular weight is 526 g/mol. The molecule has 36 heavy (non-hydrogen) atoms. The number of nitrogens with two attached hydrogens (primary N) is 1. The molecular formula is C24H36ClN5O6. The largest absolute Gasteiger partial charge is 0.511 e. The lowest BCUT2D eigenvalue weighted by molar-refractivity contribution is -0.173. The standard InChI is InChI=1S/C24H35N5O6.ClH/c1-3-33-24(32)35-16(2)34-22(30)18-4-8-19(9-5-18)27-23(31)29-14-12-28(13-15-29)20-10-6-17(7-11-20)21(25)26;/h6-7,10-11,16,18-19H,3-5,8-9,12-15H2,1-2H3,(H3,25,26)(H,27,31);1H. The van der Waals surface area contributed by atoms with Crippen LogP contribution in [0.4, 0.5) is 15.3 Å². The molecule has 1 aliphatic heterocycles. The smallest absolute Gasteiger partial charge is 0.435 e. The lowest BCUT2D eigenvalue weighted by atomic mass is 9.86. The molecule has 2 aliphatic rings. The van der Waals surface area contributed by atoms with Gasteiger partial charge in [-0.15, -0.1) is 12.4 Å². The first-order chi connectivity index (χ1) is 16.8. The van der Waals surface area contributed by atoms with Crippen molar-refractivity contribution in [3.63, 3.8) is 0 Å². The predicted molar refractivity (Wildman–Crippen MR) is 136 cm³/mol. The number of amidine groups is 1. The fraction of sp³-hybridized carbons (Fsp3) is 0.583. The topological polar surface area (TPSA) is 147 Å². The second-order valence-electron chi connectivity index (χ2n) is 8.74. The number of halogens is 1. The number of rotatable bonds is 7. The second kappa shape index (κ2) is 13.8. The molecule has 1 atom stereocenters. The first-order valence-electron chi connectivity index (χ1n) is 12.1. The third-order valence-electron chi connectivity index (χ3n) is 6.30. The summed E-state index contributed by atoms with van der Waals surface area (Å²) in [5.74, 6) is -0.644. The first-order valence-corrected chi connectivity index (χ1v) is 12.1. The highest BCUT2D eigenvalue weighted by Gasteiger charge is 2.31. The number of anilines is 1. The van der Waals surface area contributed by atoms with Crippen LogP contribution in [0.3, 0.4) is 0 Å². The zero-order valence-corrected chi connectivity index (χ0v) is 21.6. The van der Waals surface area contributed by atoms with E-state index in [1.54, 1.807) is 6.92 Å². The van der Waals surface area contributed by atoms with Crippen molar-refractivity contribution >= 4 is 42.1 Å². The van der Waals surface area contributed by atoms with E-state index in [1.165, 1.54) is 6.92 Å². The number of urea groups is 1. The molecule has 1 heterocycles. The van der Waals surface area contributed by atoms with Crippen LogP contribution in [-0.4, -0.2) is 74.0 Å². The van der Waals surface area contributed by atoms with Gasteiger partial charge in [-0.05, 0) is 56.9 Å². The van der Waals surface area contributed by atoms with Crippen molar-refractivity contribution < 1.29 is 28.6 Å². The Hall–Kier alpha value is -3.21. The number of nitrogens with one attached hydrogen (secondary N) is 2. The van der Waals surface area contributed by atoms with Crippen LogP contribution in [0, 0.1) is 11.3 Å². The van der Waals surface area contributed by atoms with Crippen molar-refractivity contribution in [3.05, 3.63) is 29.8 Å². The Balaban J connectivity index is 0.00000456. The first kappa shape index (κ1) is 29.0. The molecule has 1 aromatic carbocycles. The van der Waals surface area contributed by atoms with Crippen LogP contribution in [0.5, 0.6) is 0 Å². The molecule has 1 saturated carbocycles. The zero-order valence-electron chi connectivity index (χ0n) is 20.7. The van der Waals surface area contributed by atoms with Gasteiger partial charge in [0.2, 0.25) is 6.29 Å². The monoisotopic (exact) mass is 525 g/mol. The Morgan fingerprint density at radius 2 is 1.67 bits per heavy atom. The SMILES string of the molecule is CCOC(=O)OC(C)OC(=O)C1CCC(NC(=O)N2CCN(c3ccc(C(=N)N)cc3)CC2)CC1.Cl. The van der Waals surface area contributed by atoms with Gasteiger partial charge in [-0.25, -0.2) is 9.59 Å². The minimum atomic E-state index is -1.01. The van der Waals surface area contributed by atoms with E-state index in [0.29, 0.717) is 44.3 Å². The average Bonchev–Trinajstić information content (AvgIpc) is 2.84. The van der Waals surface area contributed by atoms with Crippen molar-refractivity contribution in [3.8, 4) is 0 Å². The third kappa shape index (κ3) is 8.18. The maximum absolute atomic E-state index is 12.8. The molecular weight excluding hydrogens is 490 g/mol. The van der Waals surface area contributed by atoms with Crippen LogP contribution in [0.1, 0.15) is 45.1 Å². The maximum Gasteiger partial charge on any atom is 0.511 e. The van der Waals surface area contributed by atoms with Gasteiger partial charge in [-0.1, -0.05) is 0 Å². The van der Waals surface area contributed by atoms with Crippen LogP contribution >= 0.6 is 12.4 Å². The van der Waals surface area contributed by atoms with Gasteiger partial charge in [-0.3, -0.25) is 10.2 Å². The number of carbonyl (C=O) groups excluding carboxylic acids is 3. The van der Waals surface area contributed by atoms with E-state index in [0.717, 1.165) is 18.8 Å². The molecule has 1 unspecified atom stereocenters. The molecule has 2 fully saturated rings. The fourth-order valence-corrected chi connectivity index (χ4v) is 4.33. The maximum atomic E-state index is 12.8. The highest BCUT2D eigenvalue weighted by molar-refractivity contribution is 5.95. The Bertz CT molecular complexity index is 899. The van der Waals surface area contributed by atoms with E-state index in [-0.39, 0.29) is 42.8 Å². The summed E-state index contributed by atoms with van der Waals surface area (Å²) < 4.78 is 14.7. The summed E-state index contributed by atoms with van der Waals surface area (Å²) in [7, 11) is 0. The van der Waals surface area contributed by atoms with Crippen molar-refractivity contribution in [2.75, 3.05) is 37.7 Å². The third-order valence-corrected chi connectivity index (χ3v) is 6.30. The predicted octanol–water partition coefficient (Wildman–Crippen LogP) is 2.85. The molecule has 0 radical (unpaired) electrons. The number of benzene rings is 1. The van der Waals surface area contributed by atoms with Crippen molar-refractivity contribution in [1.29, 1.82) is 5.41 Å². The summed E-state index contributed by atoms with van der Waals surface area (Å²) in [4.78, 5) is 40.4. The van der Waals surface area contributed by atoms with E-state index < -0.39 is 18.4 Å². The summed E-state index contributed by atoms with van der Waals surface area (Å²) in [6.45, 7) is 5.98. The van der Waals surface area contributed by atoms with Gasteiger partial charge in [0, 0.05) is 50.4 Å². The molecule has 0 spiro atoms. The fourth-order valence-electron chi connectivity index (χ4n) is 4.33. The highest BCUT2D eigenvalue weighted by atomic mass is 35.5. The molecule has 200 valence electrons. The molecule has 2 amide bonds. The molecule has 1 aliphatic carbocycles. The molecule has 12 heteroatoms. The van der Waals surface area contributed by atoms with E-state index in [2.05, 4.69) is 15.0 Å². The number of hydrogen-bond acceptors (Lipinski definition) is 8. The Labute approximate surface area is 217 Å². The van der Waals surface area contributed by atoms with E-state index in [4.69, 9.17) is 20.6 Å². The molecule has 0 aromatic heterocycles. The Morgan fingerprint density at radius 3 is 2.22 bits per heavy atom. The minimum Gasteiger partial charge on any atom is -0.435 e. The number of piperazine rings is 1. The highest BCUT2D eigenvalue weighted by Crippen LogP contribution is 2.26. The second-order valence-corrected chi connectivity index (χ2v) is 8.74. The number of esters is 1. The summed E-state index contributed by atoms with van der Waals surface area (Å²) in [5.41, 5.74) is 7.24. The minimum absolute atomic E-state index is 0. The lowest BCUT2D eigenvalue weighted by Crippen LogP contribution is -2.54. The Morgan fingerprint density at radius 1 is 1.06 bits per heavy atom. The van der Waals surface area contributed by atoms with Gasteiger partial charge in [0.1, 0.15) is 5.84 Å². The molecule has 1 saturated heterocycles. The van der Waals surface area contributed by atoms with E-state index in [9.17, 15) is 14.4 Å². The van der Waals surface area contributed by atoms with Crippen LogP contribution in [-0.2, 0) is 19.0 Å². The van der Waals surface area contributed by atoms with Crippen molar-refractivity contribution in [2.45, 2.75) is 51.9 Å². The van der Waals surface area contributed by atoms with Gasteiger partial charge >= 0.3 is 18.2 Å². The normalized spacial score (nSPS) is 20.4. The van der Waals surface area contributed by atoms with E-state index >= 15 is 0 Å². The van der Waals surface area contributed by atoms with Gasteiger partial charge in [0.25, 0.3) is 0 Å².